The van der Waals surface area contributed by atoms with E-state index < -0.39 is 0 Å². The van der Waals surface area contributed by atoms with Crippen molar-refractivity contribution in [3.8, 4) is 0 Å². The third kappa shape index (κ3) is 8.10. The van der Waals surface area contributed by atoms with Crippen molar-refractivity contribution in [2.24, 2.45) is 0 Å². The molecule has 0 aromatic heterocycles. The van der Waals surface area contributed by atoms with Gasteiger partial charge in [0.15, 0.2) is 0 Å². The number of carbonyl (C=O) groups is 1. The lowest BCUT2D eigenvalue weighted by Gasteiger charge is -1.95. The minimum atomic E-state index is 0.247. The van der Waals surface area contributed by atoms with E-state index in [1.807, 2.05) is 0 Å². The summed E-state index contributed by atoms with van der Waals surface area (Å²) >= 11 is 0. The van der Waals surface area contributed by atoms with Crippen molar-refractivity contribution in [1.29, 1.82) is 0 Å². The normalized spacial score (nSPS) is 9.80. The zero-order chi connectivity index (χ0) is 7.82. The van der Waals surface area contributed by atoms with Crippen molar-refractivity contribution in [3.05, 3.63) is 0 Å². The highest BCUT2D eigenvalue weighted by atomic mass is 31.0. The van der Waals surface area contributed by atoms with Crippen molar-refractivity contribution >= 4 is 14.8 Å². The molecule has 0 rings (SSSR count). The lowest BCUT2D eigenvalue weighted by atomic mass is 10.1. The Morgan fingerprint density at radius 1 is 1.20 bits per heavy atom. The van der Waals surface area contributed by atoms with Gasteiger partial charge in [0.1, 0.15) is 5.52 Å². The first kappa shape index (κ1) is 10.1. The van der Waals surface area contributed by atoms with Crippen LogP contribution in [0.15, 0.2) is 0 Å². The second-order valence-corrected chi connectivity index (χ2v) is 3.27. The van der Waals surface area contributed by atoms with Gasteiger partial charge in [-0.1, -0.05) is 41.8 Å². The monoisotopic (exact) mass is 160 g/mol. The third-order valence-electron chi connectivity index (χ3n) is 1.53. The molecule has 0 aliphatic carbocycles. The molecule has 0 saturated heterocycles. The lowest BCUT2D eigenvalue weighted by Crippen LogP contribution is -1.84. The van der Waals surface area contributed by atoms with Crippen LogP contribution in [0.2, 0.25) is 0 Å². The maximum atomic E-state index is 10.4. The Hall–Kier alpha value is 0.100. The van der Waals surface area contributed by atoms with E-state index >= 15 is 0 Å². The second-order valence-electron chi connectivity index (χ2n) is 2.63. The van der Waals surface area contributed by atoms with E-state index in [0.717, 1.165) is 12.8 Å². The number of carbonyl (C=O) groups excluding carboxylic acids is 1. The van der Waals surface area contributed by atoms with Crippen LogP contribution in [-0.2, 0) is 4.79 Å². The van der Waals surface area contributed by atoms with Gasteiger partial charge in [0.05, 0.1) is 0 Å². The van der Waals surface area contributed by atoms with Gasteiger partial charge in [-0.2, -0.15) is 0 Å². The van der Waals surface area contributed by atoms with Gasteiger partial charge in [-0.05, 0) is 6.42 Å². The highest BCUT2D eigenvalue weighted by Gasteiger charge is 1.92. The molecule has 0 aromatic rings. The Labute approximate surface area is 65.8 Å². The molecule has 1 unspecified atom stereocenters. The fourth-order valence-corrected chi connectivity index (χ4v) is 1.11. The first-order valence-electron chi connectivity index (χ1n) is 4.05. The van der Waals surface area contributed by atoms with E-state index in [0.29, 0.717) is 0 Å². The van der Waals surface area contributed by atoms with Crippen LogP contribution in [0.25, 0.3) is 0 Å². The first-order valence-corrected chi connectivity index (χ1v) is 4.63. The number of hydrogen-bond donors (Lipinski definition) is 0. The van der Waals surface area contributed by atoms with E-state index in [2.05, 4.69) is 16.2 Å². The summed E-state index contributed by atoms with van der Waals surface area (Å²) in [6.45, 7) is 2.20. The standard InChI is InChI=1S/C8H17OP/c1-2-3-4-5-6-7-8(9)10/h2-7,10H2,1H3. The summed E-state index contributed by atoms with van der Waals surface area (Å²) in [6.07, 6.45) is 6.90. The number of rotatable bonds is 6. The Morgan fingerprint density at radius 3 is 2.30 bits per heavy atom. The van der Waals surface area contributed by atoms with Crippen molar-refractivity contribution in [3.63, 3.8) is 0 Å². The summed E-state index contributed by atoms with van der Waals surface area (Å²) in [5, 5.41) is 0. The Balaban J connectivity index is 2.84. The van der Waals surface area contributed by atoms with Crippen molar-refractivity contribution in [2.75, 3.05) is 0 Å². The van der Waals surface area contributed by atoms with Gasteiger partial charge in [0.25, 0.3) is 0 Å². The largest absolute Gasteiger partial charge is 0.295 e. The summed E-state index contributed by atoms with van der Waals surface area (Å²) in [5.74, 6) is 0. The molecule has 0 bridgehead atoms. The van der Waals surface area contributed by atoms with Crippen LogP contribution in [0.5, 0.6) is 0 Å². The quantitative estimate of drug-likeness (QED) is 0.431. The molecule has 0 spiro atoms. The molecule has 0 amide bonds. The van der Waals surface area contributed by atoms with Crippen molar-refractivity contribution in [2.45, 2.75) is 45.4 Å². The fraction of sp³-hybridized carbons (Fsp3) is 0.875. The van der Waals surface area contributed by atoms with Gasteiger partial charge in [0.2, 0.25) is 0 Å². The molecule has 60 valence electrons. The molecule has 0 radical (unpaired) electrons. The summed E-state index contributed by atoms with van der Waals surface area (Å²) < 4.78 is 0. The minimum absolute atomic E-state index is 0.247. The molecular formula is C8H17OP. The molecule has 1 nitrogen and oxygen atoms in total. The van der Waals surface area contributed by atoms with Crippen LogP contribution < -0.4 is 0 Å². The molecule has 0 aliphatic heterocycles. The van der Waals surface area contributed by atoms with E-state index in [4.69, 9.17) is 0 Å². The van der Waals surface area contributed by atoms with Gasteiger partial charge in [0, 0.05) is 6.42 Å². The van der Waals surface area contributed by atoms with Crippen LogP contribution in [0.1, 0.15) is 45.4 Å². The Morgan fingerprint density at radius 2 is 1.80 bits per heavy atom. The number of unbranched alkanes of at least 4 members (excludes halogenated alkanes) is 4. The van der Waals surface area contributed by atoms with Gasteiger partial charge < -0.3 is 0 Å². The predicted octanol–water partition coefficient (Wildman–Crippen LogP) is 2.75. The molecule has 0 aliphatic rings. The van der Waals surface area contributed by atoms with Crippen molar-refractivity contribution in [1.82, 2.24) is 0 Å². The minimum Gasteiger partial charge on any atom is -0.295 e. The molecule has 0 aromatic carbocycles. The molecule has 0 heterocycles. The molecule has 0 fully saturated rings. The summed E-state index contributed by atoms with van der Waals surface area (Å²) in [4.78, 5) is 10.4. The van der Waals surface area contributed by atoms with Gasteiger partial charge in [-0.15, -0.1) is 0 Å². The lowest BCUT2D eigenvalue weighted by molar-refractivity contribution is -0.111. The van der Waals surface area contributed by atoms with Crippen LogP contribution in [-0.4, -0.2) is 5.52 Å². The summed E-state index contributed by atoms with van der Waals surface area (Å²) in [7, 11) is 2.22. The molecule has 0 N–H and O–H groups in total. The third-order valence-corrected chi connectivity index (χ3v) is 1.82. The van der Waals surface area contributed by atoms with Crippen LogP contribution in [0.3, 0.4) is 0 Å². The first-order chi connectivity index (χ1) is 4.77. The van der Waals surface area contributed by atoms with E-state index in [1.54, 1.807) is 0 Å². The fourth-order valence-electron chi connectivity index (χ4n) is 0.903. The van der Waals surface area contributed by atoms with Gasteiger partial charge in [-0.3, -0.25) is 4.79 Å². The van der Waals surface area contributed by atoms with Crippen molar-refractivity contribution < 1.29 is 4.79 Å². The SMILES string of the molecule is CCCCCCCC(=O)P. The molecule has 1 atom stereocenters. The molecule has 2 heteroatoms. The van der Waals surface area contributed by atoms with Crippen LogP contribution in [0.4, 0.5) is 0 Å². The molecule has 0 saturated carbocycles. The highest BCUT2D eigenvalue weighted by Crippen LogP contribution is 2.06. The zero-order valence-electron chi connectivity index (χ0n) is 6.73. The average molecular weight is 160 g/mol. The summed E-state index contributed by atoms with van der Waals surface area (Å²) in [6, 6.07) is 0. The molecular weight excluding hydrogens is 143 g/mol. The zero-order valence-corrected chi connectivity index (χ0v) is 7.88. The maximum absolute atomic E-state index is 10.4. The second kappa shape index (κ2) is 7.21. The van der Waals surface area contributed by atoms with Crippen LogP contribution >= 0.6 is 9.24 Å². The van der Waals surface area contributed by atoms with E-state index in [9.17, 15) is 4.79 Å². The molecule has 10 heavy (non-hydrogen) atoms. The topological polar surface area (TPSA) is 17.1 Å². The van der Waals surface area contributed by atoms with E-state index in [1.165, 1.54) is 25.7 Å². The number of hydrogen-bond acceptors (Lipinski definition) is 1. The predicted molar refractivity (Wildman–Crippen MR) is 48.1 cm³/mol. The average Bonchev–Trinajstić information content (AvgIpc) is 1.87. The maximum Gasteiger partial charge on any atom is 0.148 e. The summed E-state index contributed by atoms with van der Waals surface area (Å²) in [5.41, 5.74) is 0.247. The van der Waals surface area contributed by atoms with Crippen LogP contribution in [0, 0.1) is 0 Å². The highest BCUT2D eigenvalue weighted by molar-refractivity contribution is 7.40. The Bertz CT molecular complexity index is 91.3. The van der Waals surface area contributed by atoms with E-state index in [-0.39, 0.29) is 5.52 Å². The Kier molecular flexibility index (Phi) is 7.28. The van der Waals surface area contributed by atoms with Gasteiger partial charge >= 0.3 is 0 Å². The van der Waals surface area contributed by atoms with Gasteiger partial charge in [-0.25, -0.2) is 0 Å². The smallest absolute Gasteiger partial charge is 0.148 e.